The molecule has 1 atom stereocenters. The summed E-state index contributed by atoms with van der Waals surface area (Å²) in [5.41, 5.74) is 1.73. The molecule has 0 saturated carbocycles. The molecule has 1 aliphatic rings. The van der Waals surface area contributed by atoms with Gasteiger partial charge in [-0.2, -0.15) is 0 Å². The van der Waals surface area contributed by atoms with Crippen molar-refractivity contribution in [3.63, 3.8) is 0 Å². The summed E-state index contributed by atoms with van der Waals surface area (Å²) in [7, 11) is 0. The van der Waals surface area contributed by atoms with Gasteiger partial charge in [0, 0.05) is 13.3 Å². The zero-order chi connectivity index (χ0) is 15.8. The van der Waals surface area contributed by atoms with E-state index in [1.54, 1.807) is 12.1 Å². The van der Waals surface area contributed by atoms with Crippen LogP contribution in [0.4, 0.5) is 5.69 Å². The lowest BCUT2D eigenvalue weighted by molar-refractivity contribution is -0.121. The van der Waals surface area contributed by atoms with E-state index in [4.69, 9.17) is 0 Å². The summed E-state index contributed by atoms with van der Waals surface area (Å²) in [5.74, 6) is -0.550. The van der Waals surface area contributed by atoms with Gasteiger partial charge >= 0.3 is 0 Å². The number of rotatable bonds is 2. The number of hydrogen-bond acceptors (Lipinski definition) is 4. The van der Waals surface area contributed by atoms with Crippen LogP contribution in [0.15, 0.2) is 24.3 Å². The standard InChI is InChI=1S/C16H19NO3S/c1-10(18)21-13-9-14(19)17(15(13)20)12-7-5-11(6-8-12)16(2,3)4/h5-8,13H,9H2,1-4H3/t13-/m0/s1. The summed E-state index contributed by atoms with van der Waals surface area (Å²) in [4.78, 5) is 36.6. The maximum atomic E-state index is 12.3. The molecule has 1 heterocycles. The highest BCUT2D eigenvalue weighted by Gasteiger charge is 2.40. The summed E-state index contributed by atoms with van der Waals surface area (Å²) >= 11 is 0.929. The van der Waals surface area contributed by atoms with Gasteiger partial charge in [0.25, 0.3) is 0 Å². The lowest BCUT2D eigenvalue weighted by Gasteiger charge is -2.21. The van der Waals surface area contributed by atoms with Crippen LogP contribution in [0.1, 0.15) is 39.7 Å². The summed E-state index contributed by atoms with van der Waals surface area (Å²) in [5, 5.41) is -0.733. The Morgan fingerprint density at radius 3 is 2.24 bits per heavy atom. The van der Waals surface area contributed by atoms with Crippen molar-refractivity contribution in [3.05, 3.63) is 29.8 Å². The van der Waals surface area contributed by atoms with Gasteiger partial charge in [-0.05, 0) is 23.1 Å². The molecule has 1 aromatic carbocycles. The Labute approximate surface area is 128 Å². The van der Waals surface area contributed by atoms with Crippen LogP contribution < -0.4 is 4.90 Å². The van der Waals surface area contributed by atoms with E-state index in [2.05, 4.69) is 20.8 Å². The van der Waals surface area contributed by atoms with Gasteiger partial charge in [0.15, 0.2) is 5.12 Å². The summed E-state index contributed by atoms with van der Waals surface area (Å²) in [6.07, 6.45) is 0.0874. The van der Waals surface area contributed by atoms with Crippen LogP contribution in [-0.4, -0.2) is 22.2 Å². The second kappa shape index (κ2) is 5.64. The van der Waals surface area contributed by atoms with Crippen LogP contribution >= 0.6 is 11.8 Å². The van der Waals surface area contributed by atoms with E-state index in [-0.39, 0.29) is 28.8 Å². The first-order valence-electron chi connectivity index (χ1n) is 6.84. The van der Waals surface area contributed by atoms with E-state index in [0.29, 0.717) is 5.69 Å². The summed E-state index contributed by atoms with van der Waals surface area (Å²) in [6, 6.07) is 7.44. The fraction of sp³-hybridized carbons (Fsp3) is 0.438. The normalized spacial score (nSPS) is 19.2. The van der Waals surface area contributed by atoms with Gasteiger partial charge < -0.3 is 0 Å². The molecule has 1 saturated heterocycles. The minimum absolute atomic E-state index is 0.0184. The van der Waals surface area contributed by atoms with Crippen LogP contribution in [0.2, 0.25) is 0 Å². The molecule has 1 aromatic rings. The number of benzene rings is 1. The van der Waals surface area contributed by atoms with E-state index in [1.165, 1.54) is 11.8 Å². The van der Waals surface area contributed by atoms with Gasteiger partial charge in [-0.15, -0.1) is 0 Å². The third-order valence-corrected chi connectivity index (χ3v) is 4.39. The summed E-state index contributed by atoms with van der Waals surface area (Å²) < 4.78 is 0. The number of imide groups is 1. The maximum absolute atomic E-state index is 12.3. The molecule has 2 rings (SSSR count). The van der Waals surface area contributed by atoms with Crippen molar-refractivity contribution >= 4 is 34.4 Å². The summed E-state index contributed by atoms with van der Waals surface area (Å²) in [6.45, 7) is 7.72. The number of hydrogen-bond donors (Lipinski definition) is 0. The minimum Gasteiger partial charge on any atom is -0.288 e. The zero-order valence-corrected chi connectivity index (χ0v) is 13.5. The lowest BCUT2D eigenvalue weighted by Crippen LogP contribution is -2.31. The highest BCUT2D eigenvalue weighted by molar-refractivity contribution is 8.14. The topological polar surface area (TPSA) is 54.5 Å². The zero-order valence-electron chi connectivity index (χ0n) is 12.7. The molecule has 112 valence electrons. The van der Waals surface area contributed by atoms with Crippen molar-refractivity contribution in [2.24, 2.45) is 0 Å². The number of anilines is 1. The van der Waals surface area contributed by atoms with Crippen molar-refractivity contribution in [1.82, 2.24) is 0 Å². The molecule has 5 heteroatoms. The molecule has 0 spiro atoms. The van der Waals surface area contributed by atoms with Gasteiger partial charge in [0.2, 0.25) is 11.8 Å². The Bertz CT molecular complexity index is 587. The van der Waals surface area contributed by atoms with Crippen LogP contribution in [0, 0.1) is 0 Å². The molecule has 0 radical (unpaired) electrons. The van der Waals surface area contributed by atoms with Crippen LogP contribution in [0.3, 0.4) is 0 Å². The molecule has 2 amide bonds. The first-order valence-corrected chi connectivity index (χ1v) is 7.72. The highest BCUT2D eigenvalue weighted by Crippen LogP contribution is 2.31. The van der Waals surface area contributed by atoms with E-state index >= 15 is 0 Å². The molecule has 1 aliphatic heterocycles. The Morgan fingerprint density at radius 1 is 1.19 bits per heavy atom. The molecular weight excluding hydrogens is 286 g/mol. The van der Waals surface area contributed by atoms with Crippen molar-refractivity contribution in [2.75, 3.05) is 4.90 Å². The van der Waals surface area contributed by atoms with Gasteiger partial charge in [0.1, 0.15) is 5.25 Å². The average Bonchev–Trinajstić information content (AvgIpc) is 2.63. The average molecular weight is 305 g/mol. The molecule has 0 unspecified atom stereocenters. The second-order valence-corrected chi connectivity index (χ2v) is 7.55. The van der Waals surface area contributed by atoms with Crippen molar-refractivity contribution in [1.29, 1.82) is 0 Å². The monoisotopic (exact) mass is 305 g/mol. The fourth-order valence-corrected chi connectivity index (χ4v) is 3.11. The van der Waals surface area contributed by atoms with Crippen molar-refractivity contribution in [3.8, 4) is 0 Å². The van der Waals surface area contributed by atoms with E-state index < -0.39 is 5.25 Å². The number of amides is 2. The van der Waals surface area contributed by atoms with Gasteiger partial charge in [-0.25, -0.2) is 4.90 Å². The minimum atomic E-state index is -0.586. The first-order chi connectivity index (χ1) is 9.70. The SMILES string of the molecule is CC(=O)S[C@H]1CC(=O)N(c2ccc(C(C)(C)C)cc2)C1=O. The molecule has 0 N–H and O–H groups in total. The van der Waals surface area contributed by atoms with Crippen molar-refractivity contribution < 1.29 is 14.4 Å². The third-order valence-electron chi connectivity index (χ3n) is 3.40. The predicted octanol–water partition coefficient (Wildman–Crippen LogP) is 2.90. The molecule has 0 aliphatic carbocycles. The molecule has 0 bridgehead atoms. The lowest BCUT2D eigenvalue weighted by atomic mass is 9.87. The van der Waals surface area contributed by atoms with Crippen LogP contribution in [-0.2, 0) is 19.8 Å². The highest BCUT2D eigenvalue weighted by atomic mass is 32.2. The number of nitrogens with zero attached hydrogens (tertiary/aromatic N) is 1. The van der Waals surface area contributed by atoms with Gasteiger partial charge in [-0.1, -0.05) is 44.7 Å². The molecule has 4 nitrogen and oxygen atoms in total. The molecule has 21 heavy (non-hydrogen) atoms. The van der Waals surface area contributed by atoms with E-state index in [9.17, 15) is 14.4 Å². The Morgan fingerprint density at radius 2 is 1.76 bits per heavy atom. The Hall–Kier alpha value is -1.62. The molecule has 0 aromatic heterocycles. The van der Waals surface area contributed by atoms with Gasteiger partial charge in [-0.3, -0.25) is 14.4 Å². The predicted molar refractivity (Wildman–Crippen MR) is 84.3 cm³/mol. The molecule has 1 fully saturated rings. The largest absolute Gasteiger partial charge is 0.288 e. The second-order valence-electron chi connectivity index (χ2n) is 6.17. The molecular formula is C16H19NO3S. The smallest absolute Gasteiger partial charge is 0.247 e. The number of thioether (sulfide) groups is 1. The first kappa shape index (κ1) is 15.8. The number of carbonyl (C=O) groups is 3. The fourth-order valence-electron chi connectivity index (χ4n) is 2.28. The third kappa shape index (κ3) is 3.35. The van der Waals surface area contributed by atoms with E-state index in [1.807, 2.05) is 12.1 Å². The van der Waals surface area contributed by atoms with Gasteiger partial charge in [0.05, 0.1) is 5.69 Å². The van der Waals surface area contributed by atoms with Crippen LogP contribution in [0.25, 0.3) is 0 Å². The van der Waals surface area contributed by atoms with Crippen molar-refractivity contribution in [2.45, 2.75) is 44.8 Å². The van der Waals surface area contributed by atoms with Crippen LogP contribution in [0.5, 0.6) is 0 Å². The van der Waals surface area contributed by atoms with E-state index in [0.717, 1.165) is 17.3 Å². The number of carbonyl (C=O) groups excluding carboxylic acids is 3. The Balaban J connectivity index is 2.24. The Kier molecular flexibility index (Phi) is 4.23. The quantitative estimate of drug-likeness (QED) is 0.788. The maximum Gasteiger partial charge on any atom is 0.247 e.